The van der Waals surface area contributed by atoms with Crippen LogP contribution in [0.25, 0.3) is 0 Å². The summed E-state index contributed by atoms with van der Waals surface area (Å²) < 4.78 is 5.45. The number of aliphatic hydroxyl groups is 2. The summed E-state index contributed by atoms with van der Waals surface area (Å²) in [6, 6.07) is -0.567. The third-order valence-corrected chi connectivity index (χ3v) is 13.8. The quantitative estimate of drug-likeness (QED) is 0.0321. The summed E-state index contributed by atoms with van der Waals surface area (Å²) in [6.07, 6.45) is 65.0. The SMILES string of the molecule is CCCCCCCCCCCCCCCCCCCCCCCCC(O)C(CO)NC(=O)CCCCCC/C=C\CCCCOC(=O)CCCCCCCCCCCCCCCCCC. The van der Waals surface area contributed by atoms with Gasteiger partial charge >= 0.3 is 5.97 Å². The van der Waals surface area contributed by atoms with Crippen LogP contribution in [-0.2, 0) is 14.3 Å². The lowest BCUT2D eigenvalue weighted by Crippen LogP contribution is -2.45. The van der Waals surface area contributed by atoms with E-state index in [1.165, 1.54) is 218 Å². The van der Waals surface area contributed by atoms with Gasteiger partial charge in [0, 0.05) is 12.8 Å². The smallest absolute Gasteiger partial charge is 0.305 e. The number of aliphatic hydroxyl groups excluding tert-OH is 2. The summed E-state index contributed by atoms with van der Waals surface area (Å²) in [7, 11) is 0. The number of unbranched alkanes of at least 4 members (excludes halogenated alkanes) is 42. The number of nitrogens with one attached hydrogen (secondary N) is 1. The van der Waals surface area contributed by atoms with E-state index in [1.54, 1.807) is 0 Å². The van der Waals surface area contributed by atoms with Crippen LogP contribution in [0.4, 0.5) is 0 Å². The van der Waals surface area contributed by atoms with Crippen molar-refractivity contribution >= 4 is 11.9 Å². The Hall–Kier alpha value is -1.40. The van der Waals surface area contributed by atoms with E-state index in [2.05, 4.69) is 31.3 Å². The Bertz CT molecular complexity index is 970. The summed E-state index contributed by atoms with van der Waals surface area (Å²) >= 11 is 0. The fourth-order valence-electron chi connectivity index (χ4n) is 9.28. The Morgan fingerprint density at radius 1 is 0.415 bits per heavy atom. The standard InChI is InChI=1S/C59H115NO5/c1-3-5-7-9-11-13-15-17-19-21-22-23-24-25-26-27-29-31-35-39-43-47-51-57(62)56(55-61)60-58(63)52-48-44-40-36-33-34-38-42-46-50-54-65-59(64)53-49-45-41-37-32-30-28-20-18-16-14-12-10-8-6-4-2/h34,38,56-57,61-62H,3-33,35-37,39-55H2,1-2H3,(H,60,63)/b38-34-. The van der Waals surface area contributed by atoms with Crippen molar-refractivity contribution < 1.29 is 24.5 Å². The van der Waals surface area contributed by atoms with Crippen molar-refractivity contribution in [3.05, 3.63) is 12.2 Å². The number of hydrogen-bond acceptors (Lipinski definition) is 5. The van der Waals surface area contributed by atoms with Crippen LogP contribution in [0.1, 0.15) is 328 Å². The topological polar surface area (TPSA) is 95.9 Å². The van der Waals surface area contributed by atoms with E-state index in [9.17, 15) is 19.8 Å². The molecule has 0 bridgehead atoms. The highest BCUT2D eigenvalue weighted by Gasteiger charge is 2.20. The van der Waals surface area contributed by atoms with Gasteiger partial charge in [0.05, 0.1) is 25.4 Å². The summed E-state index contributed by atoms with van der Waals surface area (Å²) in [6.45, 7) is 4.90. The fraction of sp³-hybridized carbons (Fsp3) is 0.932. The van der Waals surface area contributed by atoms with Gasteiger partial charge in [0.25, 0.3) is 0 Å². The first kappa shape index (κ1) is 63.6. The molecule has 65 heavy (non-hydrogen) atoms. The number of hydrogen-bond donors (Lipinski definition) is 3. The third-order valence-electron chi connectivity index (χ3n) is 13.8. The normalized spacial score (nSPS) is 12.6. The number of allylic oxidation sites excluding steroid dienone is 2. The summed E-state index contributed by atoms with van der Waals surface area (Å²) in [5.41, 5.74) is 0. The summed E-state index contributed by atoms with van der Waals surface area (Å²) in [5, 5.41) is 23.3. The molecule has 1 amide bonds. The largest absolute Gasteiger partial charge is 0.466 e. The van der Waals surface area contributed by atoms with E-state index in [4.69, 9.17) is 4.74 Å². The number of carbonyl (C=O) groups is 2. The molecule has 0 rings (SSSR count). The van der Waals surface area contributed by atoms with Crippen LogP contribution in [0.3, 0.4) is 0 Å². The first-order valence-corrected chi connectivity index (χ1v) is 29.4. The molecule has 0 saturated heterocycles. The molecule has 386 valence electrons. The molecule has 6 nitrogen and oxygen atoms in total. The minimum absolute atomic E-state index is 0.0317. The molecule has 3 N–H and O–H groups in total. The third kappa shape index (κ3) is 51.8. The second-order valence-electron chi connectivity index (χ2n) is 20.3. The van der Waals surface area contributed by atoms with Gasteiger partial charge in [-0.3, -0.25) is 9.59 Å². The molecule has 0 aromatic carbocycles. The molecular formula is C59H115NO5. The fourth-order valence-corrected chi connectivity index (χ4v) is 9.28. The molecule has 0 aromatic heterocycles. The van der Waals surface area contributed by atoms with Gasteiger partial charge in [0.15, 0.2) is 0 Å². The average molecular weight is 919 g/mol. The number of esters is 1. The molecule has 0 radical (unpaired) electrons. The molecule has 2 unspecified atom stereocenters. The van der Waals surface area contributed by atoms with Gasteiger partial charge in [-0.2, -0.15) is 0 Å². The monoisotopic (exact) mass is 918 g/mol. The molecular weight excluding hydrogens is 803 g/mol. The lowest BCUT2D eigenvalue weighted by atomic mass is 10.0. The first-order chi connectivity index (χ1) is 32.0. The van der Waals surface area contributed by atoms with E-state index in [-0.39, 0.29) is 18.5 Å². The van der Waals surface area contributed by atoms with Gasteiger partial charge in [-0.1, -0.05) is 276 Å². The molecule has 0 heterocycles. The van der Waals surface area contributed by atoms with Crippen LogP contribution in [0, 0.1) is 0 Å². The maximum absolute atomic E-state index is 12.5. The van der Waals surface area contributed by atoms with Crippen molar-refractivity contribution in [1.29, 1.82) is 0 Å². The molecule has 0 saturated carbocycles. The van der Waals surface area contributed by atoms with E-state index in [0.717, 1.165) is 77.0 Å². The number of ether oxygens (including phenoxy) is 1. The molecule has 0 spiro atoms. The van der Waals surface area contributed by atoms with E-state index >= 15 is 0 Å². The molecule has 2 atom stereocenters. The predicted molar refractivity (Wildman–Crippen MR) is 283 cm³/mol. The zero-order chi connectivity index (χ0) is 47.2. The maximum atomic E-state index is 12.5. The van der Waals surface area contributed by atoms with Gasteiger partial charge in [-0.25, -0.2) is 0 Å². The summed E-state index contributed by atoms with van der Waals surface area (Å²) in [4.78, 5) is 24.6. The highest BCUT2D eigenvalue weighted by atomic mass is 16.5. The Labute approximate surface area is 406 Å². The van der Waals surface area contributed by atoms with Gasteiger partial charge in [-0.05, 0) is 51.4 Å². The van der Waals surface area contributed by atoms with E-state index < -0.39 is 12.1 Å². The van der Waals surface area contributed by atoms with Crippen molar-refractivity contribution in [3.63, 3.8) is 0 Å². The summed E-state index contributed by atoms with van der Waals surface area (Å²) in [5.74, 6) is -0.0984. The molecule has 0 aliphatic heterocycles. The van der Waals surface area contributed by atoms with Crippen molar-refractivity contribution in [2.75, 3.05) is 13.2 Å². The Morgan fingerprint density at radius 3 is 1.09 bits per heavy atom. The van der Waals surface area contributed by atoms with Crippen molar-refractivity contribution in [2.24, 2.45) is 0 Å². The Balaban J connectivity index is 3.49. The van der Waals surface area contributed by atoms with Gasteiger partial charge in [0.2, 0.25) is 5.91 Å². The van der Waals surface area contributed by atoms with Crippen molar-refractivity contribution in [2.45, 2.75) is 341 Å². The van der Waals surface area contributed by atoms with Crippen LogP contribution in [0.5, 0.6) is 0 Å². The molecule has 6 heteroatoms. The van der Waals surface area contributed by atoms with Crippen LogP contribution in [-0.4, -0.2) is 47.4 Å². The predicted octanol–water partition coefficient (Wildman–Crippen LogP) is 18.1. The van der Waals surface area contributed by atoms with Crippen LogP contribution >= 0.6 is 0 Å². The molecule has 0 aromatic rings. The Morgan fingerprint density at radius 2 is 0.723 bits per heavy atom. The van der Waals surface area contributed by atoms with Crippen molar-refractivity contribution in [3.8, 4) is 0 Å². The average Bonchev–Trinajstić information content (AvgIpc) is 3.31. The second kappa shape index (κ2) is 55.2. The number of amides is 1. The minimum atomic E-state index is -0.686. The minimum Gasteiger partial charge on any atom is -0.466 e. The van der Waals surface area contributed by atoms with Gasteiger partial charge < -0.3 is 20.3 Å². The van der Waals surface area contributed by atoms with Crippen LogP contribution in [0.15, 0.2) is 12.2 Å². The van der Waals surface area contributed by atoms with Gasteiger partial charge in [-0.15, -0.1) is 0 Å². The molecule has 0 aliphatic carbocycles. The van der Waals surface area contributed by atoms with Crippen LogP contribution in [0.2, 0.25) is 0 Å². The van der Waals surface area contributed by atoms with E-state index in [0.29, 0.717) is 25.9 Å². The zero-order valence-electron chi connectivity index (χ0n) is 44.0. The van der Waals surface area contributed by atoms with E-state index in [1.807, 2.05) is 0 Å². The zero-order valence-corrected chi connectivity index (χ0v) is 44.0. The highest BCUT2D eigenvalue weighted by molar-refractivity contribution is 5.76. The maximum Gasteiger partial charge on any atom is 0.305 e. The number of carbonyl (C=O) groups excluding carboxylic acids is 2. The molecule has 0 fully saturated rings. The second-order valence-corrected chi connectivity index (χ2v) is 20.3. The highest BCUT2D eigenvalue weighted by Crippen LogP contribution is 2.18. The lowest BCUT2D eigenvalue weighted by molar-refractivity contribution is -0.143. The molecule has 0 aliphatic rings. The van der Waals surface area contributed by atoms with Crippen LogP contribution < -0.4 is 5.32 Å². The number of rotatable bonds is 55. The lowest BCUT2D eigenvalue weighted by Gasteiger charge is -2.22. The first-order valence-electron chi connectivity index (χ1n) is 29.4. The van der Waals surface area contributed by atoms with Gasteiger partial charge in [0.1, 0.15) is 0 Å². The Kier molecular flexibility index (Phi) is 54.0. The van der Waals surface area contributed by atoms with Crippen molar-refractivity contribution in [1.82, 2.24) is 5.32 Å².